The molecule has 0 amide bonds. The molecule has 0 aromatic rings. The second-order valence-corrected chi connectivity index (χ2v) is 7.14. The van der Waals surface area contributed by atoms with E-state index in [1.54, 1.807) is 64.2 Å². The van der Waals surface area contributed by atoms with E-state index in [-0.39, 0.29) is 0 Å². The van der Waals surface area contributed by atoms with Crippen molar-refractivity contribution in [2.75, 3.05) is 0 Å². The van der Waals surface area contributed by atoms with E-state index in [1.807, 2.05) is 0 Å². The van der Waals surface area contributed by atoms with Gasteiger partial charge in [-0.2, -0.15) is 0 Å². The largest absolute Gasteiger partial charge is 0.0530 e. The highest BCUT2D eigenvalue weighted by atomic mass is 14.6. The zero-order chi connectivity index (χ0) is 10.5. The molecule has 0 heterocycles. The topological polar surface area (TPSA) is 0 Å². The molecule has 0 aliphatic heterocycles. The molecule has 4 rings (SSSR count). The van der Waals surface area contributed by atoms with Crippen molar-refractivity contribution in [3.05, 3.63) is 0 Å². The summed E-state index contributed by atoms with van der Waals surface area (Å²) >= 11 is 0. The van der Waals surface area contributed by atoms with Crippen LogP contribution in [0.3, 0.4) is 0 Å². The molecule has 90 valence electrons. The summed E-state index contributed by atoms with van der Waals surface area (Å²) in [6, 6.07) is 0. The lowest BCUT2D eigenvalue weighted by molar-refractivity contribution is 0.0817. The zero-order valence-corrected chi connectivity index (χ0v) is 10.5. The van der Waals surface area contributed by atoms with Gasteiger partial charge in [-0.15, -0.1) is 0 Å². The molecular weight excluding hydrogens is 192 g/mol. The van der Waals surface area contributed by atoms with Crippen molar-refractivity contribution in [2.45, 2.75) is 64.2 Å². The maximum Gasteiger partial charge on any atom is -0.0324 e. The standard InChI is InChI=1S/C16H26/c1-2-8-13-12(7-1)14-9-3-5-11-6-4-10-15(13)16(11)14/h11-16H,1-10H2/t11?,12-,13-,14-,15-,16?/m0/s1. The van der Waals surface area contributed by atoms with Gasteiger partial charge < -0.3 is 0 Å². The van der Waals surface area contributed by atoms with Crippen LogP contribution in [0.15, 0.2) is 0 Å². The summed E-state index contributed by atoms with van der Waals surface area (Å²) in [7, 11) is 0. The van der Waals surface area contributed by atoms with E-state index < -0.39 is 0 Å². The third-order valence-corrected chi connectivity index (χ3v) is 6.73. The molecule has 0 saturated heterocycles. The van der Waals surface area contributed by atoms with E-state index in [0.29, 0.717) is 0 Å². The maximum atomic E-state index is 1.61. The van der Waals surface area contributed by atoms with E-state index >= 15 is 0 Å². The molecule has 4 atom stereocenters. The van der Waals surface area contributed by atoms with E-state index in [1.165, 1.54) is 35.5 Å². The lowest BCUT2D eigenvalue weighted by Gasteiger charge is -2.41. The van der Waals surface area contributed by atoms with Gasteiger partial charge in [0.1, 0.15) is 0 Å². The molecular formula is C16H26. The van der Waals surface area contributed by atoms with Crippen LogP contribution >= 0.6 is 0 Å². The number of fused-ring (bicyclic) bond motifs is 3. The van der Waals surface area contributed by atoms with Crippen molar-refractivity contribution in [3.63, 3.8) is 0 Å². The predicted octanol–water partition coefficient (Wildman–Crippen LogP) is 4.64. The Morgan fingerprint density at radius 1 is 0.438 bits per heavy atom. The Labute approximate surface area is 100 Å². The average Bonchev–Trinajstić information content (AvgIpc) is 2.68. The Bertz CT molecular complexity index is 243. The minimum absolute atomic E-state index is 1.17. The smallest absolute Gasteiger partial charge is 0.0324 e. The first-order chi connectivity index (χ1) is 7.95. The first kappa shape index (κ1) is 9.97. The van der Waals surface area contributed by atoms with Gasteiger partial charge in [0.25, 0.3) is 0 Å². The first-order valence-electron chi connectivity index (χ1n) is 7.95. The Balaban J connectivity index is 1.68. The van der Waals surface area contributed by atoms with E-state index in [9.17, 15) is 0 Å². The molecule has 0 aromatic heterocycles. The highest BCUT2D eigenvalue weighted by molar-refractivity contribution is 5.03. The van der Waals surface area contributed by atoms with Crippen LogP contribution in [-0.2, 0) is 0 Å². The van der Waals surface area contributed by atoms with Crippen molar-refractivity contribution >= 4 is 0 Å². The molecule has 4 saturated carbocycles. The van der Waals surface area contributed by atoms with Crippen molar-refractivity contribution in [1.82, 2.24) is 0 Å². The Morgan fingerprint density at radius 2 is 0.938 bits per heavy atom. The van der Waals surface area contributed by atoms with Crippen LogP contribution in [0.4, 0.5) is 0 Å². The molecule has 0 aromatic carbocycles. The van der Waals surface area contributed by atoms with Gasteiger partial charge in [0.15, 0.2) is 0 Å². The minimum Gasteiger partial charge on any atom is -0.0530 e. The molecule has 0 nitrogen and oxygen atoms in total. The highest BCUT2D eigenvalue weighted by Gasteiger charge is 2.54. The van der Waals surface area contributed by atoms with Crippen LogP contribution in [0.2, 0.25) is 0 Å². The fourth-order valence-corrected chi connectivity index (χ4v) is 6.41. The van der Waals surface area contributed by atoms with Gasteiger partial charge in [0, 0.05) is 0 Å². The van der Waals surface area contributed by atoms with Gasteiger partial charge in [-0.05, 0) is 61.2 Å². The van der Waals surface area contributed by atoms with Crippen molar-refractivity contribution < 1.29 is 0 Å². The van der Waals surface area contributed by atoms with Crippen molar-refractivity contribution in [3.8, 4) is 0 Å². The molecule has 4 fully saturated rings. The van der Waals surface area contributed by atoms with Gasteiger partial charge in [-0.1, -0.05) is 38.5 Å². The van der Waals surface area contributed by atoms with E-state index in [2.05, 4.69) is 0 Å². The fraction of sp³-hybridized carbons (Fsp3) is 1.00. The summed E-state index contributed by atoms with van der Waals surface area (Å²) in [4.78, 5) is 0. The molecule has 0 N–H and O–H groups in total. The Morgan fingerprint density at radius 3 is 1.50 bits per heavy atom. The van der Waals surface area contributed by atoms with Crippen molar-refractivity contribution in [2.24, 2.45) is 35.5 Å². The van der Waals surface area contributed by atoms with Crippen LogP contribution in [0, 0.1) is 35.5 Å². The predicted molar refractivity (Wildman–Crippen MR) is 67.1 cm³/mol. The van der Waals surface area contributed by atoms with Crippen LogP contribution in [0.1, 0.15) is 64.2 Å². The van der Waals surface area contributed by atoms with Gasteiger partial charge in [0.05, 0.1) is 0 Å². The van der Waals surface area contributed by atoms with Crippen molar-refractivity contribution in [1.29, 1.82) is 0 Å². The molecule has 0 spiro atoms. The molecule has 4 aliphatic rings. The summed E-state index contributed by atoms with van der Waals surface area (Å²) in [6.45, 7) is 0. The Hall–Kier alpha value is 0. The Kier molecular flexibility index (Phi) is 2.34. The number of hydrogen-bond acceptors (Lipinski definition) is 0. The minimum atomic E-state index is 1.17. The summed E-state index contributed by atoms with van der Waals surface area (Å²) < 4.78 is 0. The second kappa shape index (κ2) is 3.75. The molecule has 0 bridgehead atoms. The monoisotopic (exact) mass is 218 g/mol. The lowest BCUT2D eigenvalue weighted by Crippen LogP contribution is -2.33. The summed E-state index contributed by atoms with van der Waals surface area (Å²) in [5, 5.41) is 0. The van der Waals surface area contributed by atoms with Crippen LogP contribution in [-0.4, -0.2) is 0 Å². The number of hydrogen-bond donors (Lipinski definition) is 0. The van der Waals surface area contributed by atoms with Gasteiger partial charge in [0.2, 0.25) is 0 Å². The fourth-order valence-electron chi connectivity index (χ4n) is 6.41. The molecule has 16 heavy (non-hydrogen) atoms. The number of rotatable bonds is 0. The van der Waals surface area contributed by atoms with Gasteiger partial charge in [-0.25, -0.2) is 0 Å². The van der Waals surface area contributed by atoms with Crippen LogP contribution in [0.25, 0.3) is 0 Å². The third-order valence-electron chi connectivity index (χ3n) is 6.73. The van der Waals surface area contributed by atoms with Gasteiger partial charge >= 0.3 is 0 Å². The van der Waals surface area contributed by atoms with Crippen LogP contribution < -0.4 is 0 Å². The summed E-state index contributed by atoms with van der Waals surface area (Å²) in [5.74, 6) is 7.12. The highest BCUT2D eigenvalue weighted by Crippen LogP contribution is 2.62. The summed E-state index contributed by atoms with van der Waals surface area (Å²) in [6.07, 6.45) is 15.9. The first-order valence-corrected chi connectivity index (χ1v) is 7.95. The average molecular weight is 218 g/mol. The zero-order valence-electron chi connectivity index (χ0n) is 10.5. The molecule has 0 radical (unpaired) electrons. The van der Waals surface area contributed by atoms with E-state index in [4.69, 9.17) is 0 Å². The molecule has 4 aliphatic carbocycles. The molecule has 0 heteroatoms. The SMILES string of the molecule is C1CC[C@H]2[C@H](C1)[C@@H]1CCCC3CCC[C@@H]2C31. The second-order valence-electron chi connectivity index (χ2n) is 7.14. The normalized spacial score (nSPS) is 55.5. The van der Waals surface area contributed by atoms with Gasteiger partial charge in [-0.3, -0.25) is 0 Å². The lowest BCUT2D eigenvalue weighted by atomic mass is 9.64. The maximum absolute atomic E-state index is 1.61. The quantitative estimate of drug-likeness (QED) is 0.555. The summed E-state index contributed by atoms with van der Waals surface area (Å²) in [5.41, 5.74) is 0. The molecule has 0 unspecified atom stereocenters. The third kappa shape index (κ3) is 1.28. The van der Waals surface area contributed by atoms with E-state index in [0.717, 1.165) is 0 Å². The van der Waals surface area contributed by atoms with Crippen LogP contribution in [0.5, 0.6) is 0 Å².